The van der Waals surface area contributed by atoms with Crippen LogP contribution in [-0.4, -0.2) is 25.5 Å². The molecule has 1 fully saturated rings. The maximum atomic E-state index is 2.33. The second-order valence-electron chi connectivity index (χ2n) is 4.84. The third kappa shape index (κ3) is 2.82. The van der Waals surface area contributed by atoms with Crippen molar-refractivity contribution in [3.8, 4) is 0 Å². The van der Waals surface area contributed by atoms with Gasteiger partial charge in [-0.15, -0.1) is 0 Å². The molecule has 0 aliphatic heterocycles. The van der Waals surface area contributed by atoms with E-state index >= 15 is 0 Å². The van der Waals surface area contributed by atoms with Crippen molar-refractivity contribution in [2.45, 2.75) is 33.1 Å². The average Bonchev–Trinajstić information content (AvgIpc) is 2.43. The summed E-state index contributed by atoms with van der Waals surface area (Å²) < 4.78 is 0. The quantitative estimate of drug-likeness (QED) is 0.602. The fourth-order valence-electron chi connectivity index (χ4n) is 2.14. The number of rotatable bonds is 4. The second kappa shape index (κ2) is 3.14. The van der Waals surface area contributed by atoms with Gasteiger partial charge in [0.15, 0.2) is 0 Å². The average molecular weight is 155 g/mol. The lowest BCUT2D eigenvalue weighted by Crippen LogP contribution is -2.23. The minimum absolute atomic E-state index is 0.720. The van der Waals surface area contributed by atoms with E-state index in [-0.39, 0.29) is 0 Å². The number of nitrogens with zero attached hydrogens (tertiary/aromatic N) is 1. The molecule has 0 bridgehead atoms. The lowest BCUT2D eigenvalue weighted by Gasteiger charge is -2.21. The van der Waals surface area contributed by atoms with Crippen molar-refractivity contribution in [1.29, 1.82) is 0 Å². The summed E-state index contributed by atoms with van der Waals surface area (Å²) in [6, 6.07) is 0. The maximum absolute atomic E-state index is 2.33. The van der Waals surface area contributed by atoms with Crippen LogP contribution in [0.15, 0.2) is 0 Å². The Hall–Kier alpha value is -0.0400. The van der Waals surface area contributed by atoms with Crippen LogP contribution in [0.2, 0.25) is 0 Å². The van der Waals surface area contributed by atoms with E-state index in [1.807, 2.05) is 0 Å². The Morgan fingerprint density at radius 3 is 2.09 bits per heavy atom. The Morgan fingerprint density at radius 1 is 1.27 bits per heavy atom. The molecule has 66 valence electrons. The summed E-state index contributed by atoms with van der Waals surface area (Å²) in [6.45, 7) is 5.96. The first-order valence-corrected chi connectivity index (χ1v) is 4.69. The van der Waals surface area contributed by atoms with Crippen molar-refractivity contribution in [2.75, 3.05) is 20.6 Å². The Labute approximate surface area is 70.8 Å². The third-order valence-electron chi connectivity index (χ3n) is 2.45. The molecule has 1 rings (SSSR count). The molecule has 11 heavy (non-hydrogen) atoms. The van der Waals surface area contributed by atoms with Gasteiger partial charge < -0.3 is 4.90 Å². The number of hydrogen-bond acceptors (Lipinski definition) is 1. The molecule has 0 aromatic carbocycles. The van der Waals surface area contributed by atoms with E-state index in [4.69, 9.17) is 0 Å². The molecule has 1 saturated carbocycles. The van der Waals surface area contributed by atoms with Crippen LogP contribution in [0.4, 0.5) is 0 Å². The van der Waals surface area contributed by atoms with Crippen molar-refractivity contribution in [3.05, 3.63) is 0 Å². The number of hydrogen-bond donors (Lipinski definition) is 0. The Bertz CT molecular complexity index is 111. The first kappa shape index (κ1) is 9.05. The van der Waals surface area contributed by atoms with Gasteiger partial charge in [0.1, 0.15) is 0 Å². The third-order valence-corrected chi connectivity index (χ3v) is 2.45. The van der Waals surface area contributed by atoms with Crippen molar-refractivity contribution >= 4 is 0 Å². The van der Waals surface area contributed by atoms with Gasteiger partial charge in [0.25, 0.3) is 0 Å². The minimum atomic E-state index is 0.720. The standard InChI is InChI=1S/C10H21N/c1-9(2)7-10(5-6-10)8-11(3)4/h9H,5-8H2,1-4H3. The lowest BCUT2D eigenvalue weighted by atomic mass is 9.94. The monoisotopic (exact) mass is 155 g/mol. The second-order valence-corrected chi connectivity index (χ2v) is 4.84. The molecule has 0 amide bonds. The van der Waals surface area contributed by atoms with Crippen molar-refractivity contribution in [1.82, 2.24) is 4.90 Å². The van der Waals surface area contributed by atoms with Crippen LogP contribution in [0.25, 0.3) is 0 Å². The van der Waals surface area contributed by atoms with Crippen LogP contribution in [0.1, 0.15) is 33.1 Å². The van der Waals surface area contributed by atoms with Gasteiger partial charge in [-0.3, -0.25) is 0 Å². The largest absolute Gasteiger partial charge is 0.309 e. The van der Waals surface area contributed by atoms with Gasteiger partial charge in [-0.25, -0.2) is 0 Å². The predicted octanol–water partition coefficient (Wildman–Crippen LogP) is 2.37. The summed E-state index contributed by atoms with van der Waals surface area (Å²) in [6.07, 6.45) is 4.35. The SMILES string of the molecule is CC(C)CC1(CN(C)C)CC1. The van der Waals surface area contributed by atoms with Crippen LogP contribution >= 0.6 is 0 Å². The molecule has 1 heteroatoms. The zero-order valence-corrected chi connectivity index (χ0v) is 8.35. The van der Waals surface area contributed by atoms with Gasteiger partial charge in [0.05, 0.1) is 0 Å². The van der Waals surface area contributed by atoms with E-state index < -0.39 is 0 Å². The van der Waals surface area contributed by atoms with E-state index in [0.29, 0.717) is 0 Å². The summed E-state index contributed by atoms with van der Waals surface area (Å²) in [5.74, 6) is 0.873. The van der Waals surface area contributed by atoms with Gasteiger partial charge in [-0.1, -0.05) is 13.8 Å². The Morgan fingerprint density at radius 2 is 1.82 bits per heavy atom. The molecule has 0 radical (unpaired) electrons. The molecule has 1 nitrogen and oxygen atoms in total. The highest BCUT2D eigenvalue weighted by molar-refractivity contribution is 4.95. The highest BCUT2D eigenvalue weighted by Gasteiger charge is 2.42. The van der Waals surface area contributed by atoms with Crippen LogP contribution in [-0.2, 0) is 0 Å². The highest BCUT2D eigenvalue weighted by atomic mass is 15.1. The first-order valence-electron chi connectivity index (χ1n) is 4.69. The minimum Gasteiger partial charge on any atom is -0.309 e. The van der Waals surface area contributed by atoms with Crippen LogP contribution in [0, 0.1) is 11.3 Å². The topological polar surface area (TPSA) is 3.24 Å². The molecule has 0 unspecified atom stereocenters. The summed E-state index contributed by atoms with van der Waals surface area (Å²) in [5, 5.41) is 0. The first-order chi connectivity index (χ1) is 5.04. The summed E-state index contributed by atoms with van der Waals surface area (Å²) >= 11 is 0. The zero-order valence-electron chi connectivity index (χ0n) is 8.35. The van der Waals surface area contributed by atoms with Gasteiger partial charge in [-0.2, -0.15) is 0 Å². The molecule has 1 aliphatic carbocycles. The fourth-order valence-corrected chi connectivity index (χ4v) is 2.14. The molecule has 0 saturated heterocycles. The van der Waals surface area contributed by atoms with E-state index in [1.165, 1.54) is 25.8 Å². The predicted molar refractivity (Wildman–Crippen MR) is 49.7 cm³/mol. The zero-order chi connectivity index (χ0) is 8.48. The maximum Gasteiger partial charge on any atom is 0.00320 e. The molecular formula is C10H21N. The molecule has 0 aromatic rings. The van der Waals surface area contributed by atoms with Crippen LogP contribution < -0.4 is 0 Å². The summed E-state index contributed by atoms with van der Waals surface area (Å²) in [7, 11) is 4.36. The van der Waals surface area contributed by atoms with E-state index in [9.17, 15) is 0 Å². The van der Waals surface area contributed by atoms with Crippen molar-refractivity contribution < 1.29 is 0 Å². The Kier molecular flexibility index (Phi) is 2.58. The van der Waals surface area contributed by atoms with E-state index in [1.54, 1.807) is 0 Å². The molecule has 0 aromatic heterocycles. The molecular weight excluding hydrogens is 134 g/mol. The summed E-state index contributed by atoms with van der Waals surface area (Å²) in [5.41, 5.74) is 0.720. The molecule has 0 atom stereocenters. The summed E-state index contributed by atoms with van der Waals surface area (Å²) in [4.78, 5) is 2.33. The van der Waals surface area contributed by atoms with Crippen LogP contribution in [0.5, 0.6) is 0 Å². The van der Waals surface area contributed by atoms with Gasteiger partial charge in [-0.05, 0) is 44.7 Å². The molecule has 1 aliphatic rings. The normalized spacial score (nSPS) is 21.3. The smallest absolute Gasteiger partial charge is 0.00320 e. The van der Waals surface area contributed by atoms with E-state index in [0.717, 1.165) is 11.3 Å². The van der Waals surface area contributed by atoms with Gasteiger partial charge in [0, 0.05) is 6.54 Å². The molecule has 0 N–H and O–H groups in total. The fraction of sp³-hybridized carbons (Fsp3) is 1.00. The molecule has 0 heterocycles. The van der Waals surface area contributed by atoms with Crippen molar-refractivity contribution in [3.63, 3.8) is 0 Å². The van der Waals surface area contributed by atoms with Gasteiger partial charge in [0.2, 0.25) is 0 Å². The van der Waals surface area contributed by atoms with Crippen molar-refractivity contribution in [2.24, 2.45) is 11.3 Å². The van der Waals surface area contributed by atoms with Gasteiger partial charge >= 0.3 is 0 Å². The Balaban J connectivity index is 2.29. The molecule has 0 spiro atoms. The van der Waals surface area contributed by atoms with E-state index in [2.05, 4.69) is 32.8 Å². The highest BCUT2D eigenvalue weighted by Crippen LogP contribution is 2.50. The lowest BCUT2D eigenvalue weighted by molar-refractivity contribution is 0.271. The van der Waals surface area contributed by atoms with Crippen LogP contribution in [0.3, 0.4) is 0 Å².